The van der Waals surface area contributed by atoms with Gasteiger partial charge in [0.05, 0.1) is 15.7 Å². The van der Waals surface area contributed by atoms with Gasteiger partial charge in [0.25, 0.3) is 12.3 Å². The molecular formula is C10H10Cl2F2N2O2. The number of amides is 1. The highest BCUT2D eigenvalue weighted by atomic mass is 35.5. The fourth-order valence-electron chi connectivity index (χ4n) is 1.13. The second-order valence-electron chi connectivity index (χ2n) is 3.47. The lowest BCUT2D eigenvalue weighted by Crippen LogP contribution is -2.35. The third kappa shape index (κ3) is 3.69. The summed E-state index contributed by atoms with van der Waals surface area (Å²) in [4.78, 5) is 11.6. The van der Waals surface area contributed by atoms with Gasteiger partial charge < -0.3 is 16.2 Å². The van der Waals surface area contributed by atoms with Gasteiger partial charge in [-0.2, -0.15) is 0 Å². The largest absolute Gasteiger partial charge is 0.397 e. The van der Waals surface area contributed by atoms with Crippen LogP contribution in [-0.2, 0) is 0 Å². The molecule has 1 unspecified atom stereocenters. The molecule has 1 rings (SSSR count). The zero-order valence-corrected chi connectivity index (χ0v) is 10.5. The van der Waals surface area contributed by atoms with Crippen molar-refractivity contribution in [3.63, 3.8) is 0 Å². The Morgan fingerprint density at radius 1 is 1.44 bits per heavy atom. The molecule has 0 aliphatic carbocycles. The minimum atomic E-state index is -2.93. The zero-order valence-electron chi connectivity index (χ0n) is 8.96. The van der Waals surface area contributed by atoms with Crippen molar-refractivity contribution in [2.45, 2.75) is 12.5 Å². The minimum Gasteiger partial charge on any atom is -0.397 e. The average molecular weight is 299 g/mol. The van der Waals surface area contributed by atoms with Crippen LogP contribution in [0, 0.1) is 0 Å². The molecule has 0 spiro atoms. The normalized spacial score (nSPS) is 12.6. The van der Waals surface area contributed by atoms with E-state index in [9.17, 15) is 13.6 Å². The first kappa shape index (κ1) is 14.9. The summed E-state index contributed by atoms with van der Waals surface area (Å²) in [6, 6.07) is 2.52. The van der Waals surface area contributed by atoms with Crippen molar-refractivity contribution in [2.24, 2.45) is 0 Å². The van der Waals surface area contributed by atoms with Crippen LogP contribution < -0.4 is 11.1 Å². The Bertz CT molecular complexity index is 434. The van der Waals surface area contributed by atoms with Crippen LogP contribution in [0.15, 0.2) is 12.1 Å². The van der Waals surface area contributed by atoms with Gasteiger partial charge in [0.15, 0.2) is 0 Å². The van der Waals surface area contributed by atoms with Crippen molar-refractivity contribution in [3.05, 3.63) is 27.7 Å². The van der Waals surface area contributed by atoms with E-state index in [2.05, 4.69) is 5.32 Å². The van der Waals surface area contributed by atoms with Crippen molar-refractivity contribution < 1.29 is 18.7 Å². The number of aliphatic hydroxyl groups excluding tert-OH is 1. The highest BCUT2D eigenvalue weighted by Crippen LogP contribution is 2.29. The molecule has 1 aromatic carbocycles. The summed E-state index contributed by atoms with van der Waals surface area (Å²) in [5.74, 6) is -0.681. The maximum absolute atomic E-state index is 12.0. The number of anilines is 1. The summed E-state index contributed by atoms with van der Waals surface area (Å²) < 4.78 is 24.0. The molecule has 0 aliphatic rings. The van der Waals surface area contributed by atoms with Gasteiger partial charge in [0, 0.05) is 12.1 Å². The van der Waals surface area contributed by atoms with Crippen LogP contribution in [0.1, 0.15) is 10.4 Å². The molecule has 0 aromatic heterocycles. The van der Waals surface area contributed by atoms with Gasteiger partial charge in [-0.1, -0.05) is 23.2 Å². The third-order valence-corrected chi connectivity index (χ3v) is 2.90. The van der Waals surface area contributed by atoms with E-state index in [1.54, 1.807) is 0 Å². The molecule has 0 fully saturated rings. The molecule has 1 aromatic rings. The summed E-state index contributed by atoms with van der Waals surface area (Å²) in [6.45, 7) is -0.573. The van der Waals surface area contributed by atoms with E-state index >= 15 is 0 Å². The lowest BCUT2D eigenvalue weighted by molar-refractivity contribution is -0.00270. The number of halogens is 4. The van der Waals surface area contributed by atoms with E-state index < -0.39 is 25.0 Å². The molecule has 4 nitrogen and oxygen atoms in total. The van der Waals surface area contributed by atoms with Crippen LogP contribution in [0.5, 0.6) is 0 Å². The van der Waals surface area contributed by atoms with Gasteiger partial charge in [-0.3, -0.25) is 4.79 Å². The molecule has 1 atom stereocenters. The third-order valence-electron chi connectivity index (χ3n) is 2.08. The number of benzene rings is 1. The molecule has 4 N–H and O–H groups in total. The van der Waals surface area contributed by atoms with Crippen molar-refractivity contribution >= 4 is 34.8 Å². The maximum atomic E-state index is 12.0. The number of nitrogens with one attached hydrogen (secondary N) is 1. The summed E-state index contributed by atoms with van der Waals surface area (Å²) in [6.07, 6.45) is -4.85. The van der Waals surface area contributed by atoms with Gasteiger partial charge in [0.1, 0.15) is 6.10 Å². The van der Waals surface area contributed by atoms with Gasteiger partial charge >= 0.3 is 0 Å². The number of nitrogens with two attached hydrogens (primary N) is 1. The van der Waals surface area contributed by atoms with Crippen LogP contribution in [-0.4, -0.2) is 30.1 Å². The molecule has 8 heteroatoms. The van der Waals surface area contributed by atoms with Crippen LogP contribution >= 0.6 is 23.2 Å². The number of rotatable bonds is 4. The van der Waals surface area contributed by atoms with Crippen LogP contribution in [0.25, 0.3) is 0 Å². The van der Waals surface area contributed by atoms with Gasteiger partial charge in [-0.25, -0.2) is 8.78 Å². The Hall–Kier alpha value is -1.11. The summed E-state index contributed by atoms with van der Waals surface area (Å²) in [7, 11) is 0. The average Bonchev–Trinajstić information content (AvgIpc) is 2.31. The minimum absolute atomic E-state index is 0.0726. The number of alkyl halides is 2. The smallest absolute Gasteiger partial charge is 0.265 e. The number of hydrogen-bond acceptors (Lipinski definition) is 3. The number of carbonyl (C=O) groups excluding carboxylic acids is 1. The SMILES string of the molecule is Nc1cc(C(=O)NCC(O)C(F)F)cc(Cl)c1Cl. The Kier molecular flexibility index (Phi) is 5.13. The second kappa shape index (κ2) is 6.17. The molecule has 0 heterocycles. The molecule has 18 heavy (non-hydrogen) atoms. The lowest BCUT2D eigenvalue weighted by Gasteiger charge is -2.11. The number of carbonyl (C=O) groups is 1. The second-order valence-corrected chi connectivity index (χ2v) is 4.26. The molecule has 0 aliphatic heterocycles. The Morgan fingerprint density at radius 2 is 2.06 bits per heavy atom. The topological polar surface area (TPSA) is 75.4 Å². The van der Waals surface area contributed by atoms with Crippen molar-refractivity contribution in [1.82, 2.24) is 5.32 Å². The Labute approximate surface area is 112 Å². The fourth-order valence-corrected chi connectivity index (χ4v) is 1.47. The fraction of sp³-hybridized carbons (Fsp3) is 0.300. The van der Waals surface area contributed by atoms with E-state index in [-0.39, 0.29) is 21.3 Å². The summed E-state index contributed by atoms with van der Waals surface area (Å²) >= 11 is 11.4. The summed E-state index contributed by atoms with van der Waals surface area (Å²) in [5, 5.41) is 11.2. The van der Waals surface area contributed by atoms with E-state index in [0.29, 0.717) is 0 Å². The van der Waals surface area contributed by atoms with Crippen molar-refractivity contribution in [1.29, 1.82) is 0 Å². The number of hydrogen-bond donors (Lipinski definition) is 3. The first-order valence-electron chi connectivity index (χ1n) is 4.82. The van der Waals surface area contributed by atoms with E-state index in [1.165, 1.54) is 12.1 Å². The van der Waals surface area contributed by atoms with Gasteiger partial charge in [-0.15, -0.1) is 0 Å². The molecule has 1 amide bonds. The van der Waals surface area contributed by atoms with Crippen molar-refractivity contribution in [3.8, 4) is 0 Å². The molecule has 0 radical (unpaired) electrons. The van der Waals surface area contributed by atoms with E-state index in [4.69, 9.17) is 34.0 Å². The molecule has 0 bridgehead atoms. The Balaban J connectivity index is 2.73. The van der Waals surface area contributed by atoms with Crippen LogP contribution in [0.2, 0.25) is 10.0 Å². The first-order chi connectivity index (χ1) is 8.32. The molecular weight excluding hydrogens is 289 g/mol. The molecule has 0 saturated heterocycles. The monoisotopic (exact) mass is 298 g/mol. The van der Waals surface area contributed by atoms with Crippen LogP contribution in [0.3, 0.4) is 0 Å². The van der Waals surface area contributed by atoms with Gasteiger partial charge in [0.2, 0.25) is 0 Å². The van der Waals surface area contributed by atoms with Crippen LogP contribution in [0.4, 0.5) is 14.5 Å². The highest BCUT2D eigenvalue weighted by Gasteiger charge is 2.18. The molecule has 0 saturated carbocycles. The highest BCUT2D eigenvalue weighted by molar-refractivity contribution is 6.43. The van der Waals surface area contributed by atoms with E-state index in [1.807, 2.05) is 0 Å². The Morgan fingerprint density at radius 3 is 2.56 bits per heavy atom. The predicted molar refractivity (Wildman–Crippen MR) is 65.2 cm³/mol. The zero-order chi connectivity index (χ0) is 13.9. The number of aliphatic hydroxyl groups is 1. The quantitative estimate of drug-likeness (QED) is 0.744. The molecule has 100 valence electrons. The van der Waals surface area contributed by atoms with Crippen molar-refractivity contribution in [2.75, 3.05) is 12.3 Å². The van der Waals surface area contributed by atoms with E-state index in [0.717, 1.165) is 0 Å². The maximum Gasteiger partial charge on any atom is 0.265 e. The standard InChI is InChI=1S/C10H10Cl2F2N2O2/c11-5-1-4(2-6(15)8(5)12)10(18)16-3-7(17)9(13)14/h1-2,7,9,17H,3,15H2,(H,16,18). The number of nitrogen functional groups attached to an aromatic ring is 1. The lowest BCUT2D eigenvalue weighted by atomic mass is 10.2. The van der Waals surface area contributed by atoms with Gasteiger partial charge in [-0.05, 0) is 12.1 Å². The summed E-state index contributed by atoms with van der Waals surface area (Å²) in [5.41, 5.74) is 5.67. The first-order valence-corrected chi connectivity index (χ1v) is 5.57. The predicted octanol–water partition coefficient (Wildman–Crippen LogP) is 1.93.